The molecule has 1 heterocycles. The summed E-state index contributed by atoms with van der Waals surface area (Å²) in [7, 11) is 0. The molecule has 3 aromatic rings. The number of nitrogens with one attached hydrogen (secondary N) is 2. The molecule has 0 aliphatic heterocycles. The number of aromatic amines is 1. The quantitative estimate of drug-likeness (QED) is 0.689. The predicted octanol–water partition coefficient (Wildman–Crippen LogP) is 4.38. The van der Waals surface area contributed by atoms with Crippen LogP contribution in [0.2, 0.25) is 0 Å². The summed E-state index contributed by atoms with van der Waals surface area (Å²) in [6.45, 7) is 0. The van der Waals surface area contributed by atoms with Crippen LogP contribution in [0.1, 0.15) is 0 Å². The third kappa shape index (κ3) is 3.85. The van der Waals surface area contributed by atoms with E-state index in [2.05, 4.69) is 9.97 Å². The maximum absolute atomic E-state index is 13.0. The Morgan fingerprint density at radius 3 is 2.44 bits per heavy atom. The van der Waals surface area contributed by atoms with Gasteiger partial charge in [-0.3, -0.25) is 4.79 Å². The molecule has 0 radical (unpaired) electrons. The van der Waals surface area contributed by atoms with Crippen LogP contribution < -0.4 is 5.32 Å². The number of halogens is 4. The second kappa shape index (κ2) is 6.39. The first-order valence-electron chi connectivity index (χ1n) is 7.12. The largest absolute Gasteiger partial charge is 0.471 e. The van der Waals surface area contributed by atoms with Crippen LogP contribution in [0.3, 0.4) is 0 Å². The summed E-state index contributed by atoms with van der Waals surface area (Å²) in [6.07, 6.45) is -3.46. The number of amides is 1. The topological polar surface area (TPSA) is 57.8 Å². The van der Waals surface area contributed by atoms with Gasteiger partial charge in [-0.25, -0.2) is 9.37 Å². The highest BCUT2D eigenvalue weighted by atomic mass is 19.4. The van der Waals surface area contributed by atoms with Gasteiger partial charge in [-0.05, 0) is 36.4 Å². The molecule has 1 aromatic heterocycles. The molecule has 25 heavy (non-hydrogen) atoms. The molecule has 0 aliphatic carbocycles. The lowest BCUT2D eigenvalue weighted by atomic mass is 10.1. The van der Waals surface area contributed by atoms with Crippen molar-refractivity contribution in [3.63, 3.8) is 0 Å². The van der Waals surface area contributed by atoms with Crippen LogP contribution in [0.5, 0.6) is 0 Å². The van der Waals surface area contributed by atoms with Gasteiger partial charge in [0.25, 0.3) is 0 Å². The molecule has 0 unspecified atom stereocenters. The average molecular weight is 349 g/mol. The molecule has 2 aromatic carbocycles. The van der Waals surface area contributed by atoms with Crippen LogP contribution in [0.15, 0.2) is 54.7 Å². The van der Waals surface area contributed by atoms with Crippen LogP contribution in [-0.2, 0) is 4.79 Å². The van der Waals surface area contributed by atoms with Crippen molar-refractivity contribution >= 4 is 11.6 Å². The smallest absolute Gasteiger partial charge is 0.338 e. The summed E-state index contributed by atoms with van der Waals surface area (Å²) in [6, 6.07) is 11.6. The first-order valence-corrected chi connectivity index (χ1v) is 7.12. The van der Waals surface area contributed by atoms with Gasteiger partial charge in [-0.15, -0.1) is 0 Å². The number of carbonyl (C=O) groups excluding carboxylic acids is 1. The van der Waals surface area contributed by atoms with Crippen molar-refractivity contribution in [3.05, 3.63) is 60.5 Å². The molecule has 0 aliphatic rings. The first-order chi connectivity index (χ1) is 11.8. The fourth-order valence-corrected chi connectivity index (χ4v) is 2.19. The Balaban J connectivity index is 1.84. The Hall–Kier alpha value is -3.16. The highest BCUT2D eigenvalue weighted by Gasteiger charge is 2.38. The number of imidazole rings is 1. The highest BCUT2D eigenvalue weighted by molar-refractivity contribution is 5.95. The fourth-order valence-electron chi connectivity index (χ4n) is 2.19. The van der Waals surface area contributed by atoms with Crippen molar-refractivity contribution in [2.75, 3.05) is 5.32 Å². The highest BCUT2D eigenvalue weighted by Crippen LogP contribution is 2.25. The van der Waals surface area contributed by atoms with E-state index in [-0.39, 0.29) is 11.5 Å². The van der Waals surface area contributed by atoms with Crippen molar-refractivity contribution in [3.8, 4) is 22.6 Å². The number of nitrogens with zero attached hydrogens (tertiary/aromatic N) is 1. The standard InChI is InChI=1S/C17H11F4N3O/c18-12-6-4-10(5-7-12)15-22-9-14(24-15)11-2-1-3-13(8-11)23-16(25)17(19,20)21/h1-9H,(H,22,24)(H,23,25). The van der Waals surface area contributed by atoms with Gasteiger partial charge in [0.15, 0.2) is 0 Å². The number of rotatable bonds is 3. The van der Waals surface area contributed by atoms with E-state index in [0.29, 0.717) is 22.6 Å². The van der Waals surface area contributed by atoms with Gasteiger partial charge in [-0.1, -0.05) is 12.1 Å². The minimum Gasteiger partial charge on any atom is -0.338 e. The van der Waals surface area contributed by atoms with Crippen molar-refractivity contribution in [1.82, 2.24) is 9.97 Å². The third-order valence-corrected chi connectivity index (χ3v) is 3.38. The zero-order chi connectivity index (χ0) is 18.0. The van der Waals surface area contributed by atoms with Gasteiger partial charge in [0, 0.05) is 16.8 Å². The molecule has 0 saturated heterocycles. The van der Waals surface area contributed by atoms with Gasteiger partial charge in [0.05, 0.1) is 11.9 Å². The van der Waals surface area contributed by atoms with E-state index < -0.39 is 12.1 Å². The molecule has 0 atom stereocenters. The number of benzene rings is 2. The monoisotopic (exact) mass is 349 g/mol. The SMILES string of the molecule is O=C(Nc1cccc(-c2cnc(-c3ccc(F)cc3)[nH]2)c1)C(F)(F)F. The van der Waals surface area contributed by atoms with Gasteiger partial charge < -0.3 is 10.3 Å². The summed E-state index contributed by atoms with van der Waals surface area (Å²) >= 11 is 0. The van der Waals surface area contributed by atoms with Crippen LogP contribution in [0, 0.1) is 5.82 Å². The fraction of sp³-hybridized carbons (Fsp3) is 0.0588. The van der Waals surface area contributed by atoms with E-state index >= 15 is 0 Å². The lowest BCUT2D eigenvalue weighted by molar-refractivity contribution is -0.167. The van der Waals surface area contributed by atoms with E-state index in [1.54, 1.807) is 23.5 Å². The zero-order valence-corrected chi connectivity index (χ0v) is 12.6. The number of hydrogen-bond acceptors (Lipinski definition) is 2. The molecule has 0 fully saturated rings. The lowest BCUT2D eigenvalue weighted by Gasteiger charge is -2.08. The Labute approximate surface area is 139 Å². The molecular formula is C17H11F4N3O. The van der Waals surface area contributed by atoms with Crippen LogP contribution in [0.25, 0.3) is 22.6 Å². The molecule has 3 rings (SSSR count). The summed E-state index contributed by atoms with van der Waals surface area (Å²) in [5.41, 5.74) is 1.76. The normalized spacial score (nSPS) is 11.4. The number of aromatic nitrogens is 2. The molecule has 0 spiro atoms. The van der Waals surface area contributed by atoms with Crippen LogP contribution in [0.4, 0.5) is 23.2 Å². The summed E-state index contributed by atoms with van der Waals surface area (Å²) in [5, 5.41) is 1.80. The Kier molecular flexibility index (Phi) is 4.26. The minimum absolute atomic E-state index is 0.0118. The minimum atomic E-state index is -4.96. The van der Waals surface area contributed by atoms with Crippen LogP contribution in [-0.4, -0.2) is 22.1 Å². The third-order valence-electron chi connectivity index (χ3n) is 3.38. The molecule has 128 valence electrons. The van der Waals surface area contributed by atoms with Gasteiger partial charge in [-0.2, -0.15) is 13.2 Å². The number of hydrogen-bond donors (Lipinski definition) is 2. The van der Waals surface area contributed by atoms with Crippen molar-refractivity contribution in [1.29, 1.82) is 0 Å². The first kappa shape index (κ1) is 16.7. The number of alkyl halides is 3. The van der Waals surface area contributed by atoms with Gasteiger partial charge in [0.2, 0.25) is 0 Å². The molecule has 4 nitrogen and oxygen atoms in total. The number of carbonyl (C=O) groups is 1. The average Bonchev–Trinajstić information content (AvgIpc) is 3.05. The second-order valence-electron chi connectivity index (χ2n) is 5.19. The van der Waals surface area contributed by atoms with E-state index in [9.17, 15) is 22.4 Å². The Morgan fingerprint density at radius 2 is 1.76 bits per heavy atom. The van der Waals surface area contributed by atoms with Crippen molar-refractivity contribution in [2.24, 2.45) is 0 Å². The number of H-pyrrole nitrogens is 1. The van der Waals surface area contributed by atoms with Crippen molar-refractivity contribution in [2.45, 2.75) is 6.18 Å². The van der Waals surface area contributed by atoms with Gasteiger partial charge in [0.1, 0.15) is 11.6 Å². The van der Waals surface area contributed by atoms with E-state index in [1.807, 2.05) is 0 Å². The second-order valence-corrected chi connectivity index (χ2v) is 5.19. The maximum Gasteiger partial charge on any atom is 0.471 e. The molecule has 1 amide bonds. The number of anilines is 1. The van der Waals surface area contributed by atoms with E-state index in [1.165, 1.54) is 36.5 Å². The van der Waals surface area contributed by atoms with Gasteiger partial charge >= 0.3 is 12.1 Å². The van der Waals surface area contributed by atoms with E-state index in [4.69, 9.17) is 0 Å². The molecular weight excluding hydrogens is 338 g/mol. The summed E-state index contributed by atoms with van der Waals surface area (Å²) < 4.78 is 49.9. The zero-order valence-electron chi connectivity index (χ0n) is 12.6. The summed E-state index contributed by atoms with van der Waals surface area (Å²) in [4.78, 5) is 18.2. The molecule has 8 heteroatoms. The Morgan fingerprint density at radius 1 is 1.04 bits per heavy atom. The van der Waals surface area contributed by atoms with E-state index in [0.717, 1.165) is 0 Å². The molecule has 0 saturated carbocycles. The van der Waals surface area contributed by atoms with Crippen LogP contribution >= 0.6 is 0 Å². The molecule has 2 N–H and O–H groups in total. The molecule has 0 bridgehead atoms. The lowest BCUT2D eigenvalue weighted by Crippen LogP contribution is -2.29. The van der Waals surface area contributed by atoms with Crippen molar-refractivity contribution < 1.29 is 22.4 Å². The predicted molar refractivity (Wildman–Crippen MR) is 84.1 cm³/mol. The maximum atomic E-state index is 13.0. The summed E-state index contributed by atoms with van der Waals surface area (Å²) in [5.74, 6) is -1.93. The Bertz CT molecular complexity index is 901.